The van der Waals surface area contributed by atoms with Gasteiger partial charge in [-0.2, -0.15) is 0 Å². The van der Waals surface area contributed by atoms with Crippen molar-refractivity contribution in [3.05, 3.63) is 71.9 Å². The largest absolute Gasteiger partial charge is 0.478 e. The lowest BCUT2D eigenvalue weighted by atomic mass is 10.1. The zero-order chi connectivity index (χ0) is 17.2. The molecule has 0 fully saturated rings. The number of fused-ring (bicyclic) bond motifs is 1. The third-order valence-corrected chi connectivity index (χ3v) is 4.96. The first-order chi connectivity index (χ1) is 11.5. The molecule has 0 aliphatic heterocycles. The molecule has 0 spiro atoms. The molecule has 6 nitrogen and oxygen atoms in total. The molecule has 24 heavy (non-hydrogen) atoms. The van der Waals surface area contributed by atoms with Crippen LogP contribution in [0.25, 0.3) is 10.9 Å². The molecule has 0 radical (unpaired) electrons. The summed E-state index contributed by atoms with van der Waals surface area (Å²) in [5.74, 6) is -1.06. The van der Waals surface area contributed by atoms with Crippen molar-refractivity contribution in [1.29, 1.82) is 0 Å². The van der Waals surface area contributed by atoms with E-state index in [0.717, 1.165) is 5.39 Å². The average molecular weight is 342 g/mol. The molecular formula is C17H14N2O4S. The van der Waals surface area contributed by atoms with Gasteiger partial charge < -0.3 is 5.11 Å². The molecule has 7 heteroatoms. The zero-order valence-electron chi connectivity index (χ0n) is 12.5. The molecule has 0 atom stereocenters. The van der Waals surface area contributed by atoms with Gasteiger partial charge in [0.05, 0.1) is 11.1 Å². The normalized spacial score (nSPS) is 11.5. The van der Waals surface area contributed by atoms with Crippen LogP contribution in [0, 0.1) is 0 Å². The number of benzene rings is 2. The zero-order valence-corrected chi connectivity index (χ0v) is 13.3. The van der Waals surface area contributed by atoms with Crippen LogP contribution >= 0.6 is 0 Å². The molecule has 0 amide bonds. The van der Waals surface area contributed by atoms with Gasteiger partial charge in [-0.3, -0.25) is 4.98 Å². The van der Waals surface area contributed by atoms with Crippen LogP contribution < -0.4 is 4.72 Å². The highest BCUT2D eigenvalue weighted by molar-refractivity contribution is 7.89. The Morgan fingerprint density at radius 1 is 1.08 bits per heavy atom. The van der Waals surface area contributed by atoms with E-state index in [0.29, 0.717) is 11.1 Å². The molecular weight excluding hydrogens is 328 g/mol. The minimum absolute atomic E-state index is 0.00727. The Balaban J connectivity index is 1.89. The van der Waals surface area contributed by atoms with Gasteiger partial charge >= 0.3 is 5.97 Å². The van der Waals surface area contributed by atoms with Crippen molar-refractivity contribution in [1.82, 2.24) is 9.71 Å². The number of carboxylic acid groups (broad SMARTS) is 1. The number of nitrogens with zero attached hydrogens (tertiary/aromatic N) is 1. The van der Waals surface area contributed by atoms with Crippen molar-refractivity contribution < 1.29 is 18.3 Å². The topological polar surface area (TPSA) is 96.4 Å². The molecule has 0 bridgehead atoms. The van der Waals surface area contributed by atoms with Crippen molar-refractivity contribution in [2.45, 2.75) is 11.4 Å². The number of carboxylic acids is 1. The number of nitrogens with one attached hydrogen (secondary N) is 1. The van der Waals surface area contributed by atoms with Crippen LogP contribution in [-0.4, -0.2) is 24.5 Å². The van der Waals surface area contributed by atoms with Gasteiger partial charge in [-0.05, 0) is 29.8 Å². The lowest BCUT2D eigenvalue weighted by Gasteiger charge is -2.09. The van der Waals surface area contributed by atoms with Gasteiger partial charge in [0.25, 0.3) is 0 Å². The summed E-state index contributed by atoms with van der Waals surface area (Å²) >= 11 is 0. The highest BCUT2D eigenvalue weighted by atomic mass is 32.2. The van der Waals surface area contributed by atoms with Crippen LogP contribution in [0.15, 0.2) is 65.7 Å². The average Bonchev–Trinajstić information content (AvgIpc) is 2.60. The van der Waals surface area contributed by atoms with Gasteiger partial charge in [0.2, 0.25) is 10.0 Å². The fourth-order valence-corrected chi connectivity index (χ4v) is 3.56. The van der Waals surface area contributed by atoms with Crippen LogP contribution in [0.2, 0.25) is 0 Å². The number of hydrogen-bond acceptors (Lipinski definition) is 4. The lowest BCUT2D eigenvalue weighted by molar-refractivity contribution is 0.0696. The van der Waals surface area contributed by atoms with Crippen molar-refractivity contribution >= 4 is 26.9 Å². The number of aromatic nitrogens is 1. The predicted octanol–water partition coefficient (Wildman–Crippen LogP) is 2.41. The van der Waals surface area contributed by atoms with E-state index in [-0.39, 0.29) is 17.0 Å². The van der Waals surface area contributed by atoms with Gasteiger partial charge in [-0.1, -0.05) is 30.3 Å². The summed E-state index contributed by atoms with van der Waals surface area (Å²) in [6, 6.07) is 14.6. The van der Waals surface area contributed by atoms with E-state index in [9.17, 15) is 13.2 Å². The second-order valence-electron chi connectivity index (χ2n) is 5.16. The molecule has 0 aliphatic rings. The summed E-state index contributed by atoms with van der Waals surface area (Å²) in [7, 11) is -3.78. The molecule has 3 aromatic rings. The summed E-state index contributed by atoms with van der Waals surface area (Å²) in [5, 5.41) is 9.72. The first-order valence-electron chi connectivity index (χ1n) is 7.13. The van der Waals surface area contributed by atoms with E-state index >= 15 is 0 Å². The quantitative estimate of drug-likeness (QED) is 0.742. The predicted molar refractivity (Wildman–Crippen MR) is 89.2 cm³/mol. The van der Waals surface area contributed by atoms with Crippen LogP contribution in [0.5, 0.6) is 0 Å². The maximum absolute atomic E-state index is 12.6. The second kappa shape index (κ2) is 6.38. The van der Waals surface area contributed by atoms with Gasteiger partial charge in [-0.25, -0.2) is 17.9 Å². The summed E-state index contributed by atoms with van der Waals surface area (Å²) in [6.07, 6.45) is 1.54. The number of carbonyl (C=O) groups is 1. The summed E-state index contributed by atoms with van der Waals surface area (Å²) in [5.41, 5.74) is 1.07. The molecule has 0 saturated carbocycles. The van der Waals surface area contributed by atoms with E-state index in [1.54, 1.807) is 36.4 Å². The van der Waals surface area contributed by atoms with Crippen molar-refractivity contribution in [2.75, 3.05) is 0 Å². The van der Waals surface area contributed by atoms with Gasteiger partial charge in [-0.15, -0.1) is 0 Å². The first kappa shape index (κ1) is 16.1. The van der Waals surface area contributed by atoms with Gasteiger partial charge in [0.15, 0.2) is 0 Å². The summed E-state index contributed by atoms with van der Waals surface area (Å²) in [4.78, 5) is 15.2. The minimum atomic E-state index is -3.78. The lowest BCUT2D eigenvalue weighted by Crippen LogP contribution is -2.23. The molecule has 0 unspecified atom stereocenters. The SMILES string of the molecule is O=C(O)c1cccc(CNS(=O)(=O)c2cccc3cccnc23)c1. The van der Waals surface area contributed by atoms with Crippen LogP contribution in [0.1, 0.15) is 15.9 Å². The fraction of sp³-hybridized carbons (Fsp3) is 0.0588. The molecule has 0 aliphatic carbocycles. The van der Waals surface area contributed by atoms with E-state index in [1.807, 2.05) is 0 Å². The number of hydrogen-bond donors (Lipinski definition) is 2. The molecule has 3 rings (SSSR count). The number of aromatic carboxylic acids is 1. The van der Waals surface area contributed by atoms with Crippen molar-refractivity contribution in [2.24, 2.45) is 0 Å². The Hall–Kier alpha value is -2.77. The first-order valence-corrected chi connectivity index (χ1v) is 8.61. The molecule has 1 heterocycles. The third-order valence-electron chi connectivity index (χ3n) is 3.53. The van der Waals surface area contributed by atoms with E-state index in [1.165, 1.54) is 24.4 Å². The third kappa shape index (κ3) is 3.27. The Kier molecular flexibility index (Phi) is 4.28. The number of sulfonamides is 1. The van der Waals surface area contributed by atoms with Crippen molar-refractivity contribution in [3.63, 3.8) is 0 Å². The Labute approximate surface area is 138 Å². The monoisotopic (exact) mass is 342 g/mol. The van der Waals surface area contributed by atoms with E-state index in [4.69, 9.17) is 5.11 Å². The molecule has 0 saturated heterocycles. The Morgan fingerprint density at radius 3 is 2.62 bits per heavy atom. The highest BCUT2D eigenvalue weighted by Crippen LogP contribution is 2.20. The number of para-hydroxylation sites is 1. The maximum Gasteiger partial charge on any atom is 0.335 e. The minimum Gasteiger partial charge on any atom is -0.478 e. The summed E-state index contributed by atoms with van der Waals surface area (Å²) < 4.78 is 27.6. The van der Waals surface area contributed by atoms with Gasteiger partial charge in [0, 0.05) is 18.1 Å². The molecule has 2 aromatic carbocycles. The van der Waals surface area contributed by atoms with Gasteiger partial charge in [0.1, 0.15) is 4.90 Å². The van der Waals surface area contributed by atoms with E-state index in [2.05, 4.69) is 9.71 Å². The van der Waals surface area contributed by atoms with Crippen LogP contribution in [0.3, 0.4) is 0 Å². The Morgan fingerprint density at radius 2 is 1.83 bits per heavy atom. The number of pyridine rings is 1. The second-order valence-corrected chi connectivity index (χ2v) is 6.90. The fourth-order valence-electron chi connectivity index (χ4n) is 2.36. The highest BCUT2D eigenvalue weighted by Gasteiger charge is 2.18. The molecule has 1 aromatic heterocycles. The van der Waals surface area contributed by atoms with Crippen molar-refractivity contribution in [3.8, 4) is 0 Å². The van der Waals surface area contributed by atoms with Crippen LogP contribution in [-0.2, 0) is 16.6 Å². The molecule has 2 N–H and O–H groups in total. The van der Waals surface area contributed by atoms with E-state index < -0.39 is 16.0 Å². The molecule has 122 valence electrons. The summed E-state index contributed by atoms with van der Waals surface area (Å²) in [6.45, 7) is -0.00727. The van der Waals surface area contributed by atoms with Crippen LogP contribution in [0.4, 0.5) is 0 Å². The smallest absolute Gasteiger partial charge is 0.335 e. The standard InChI is InChI=1S/C17H14N2O4S/c20-17(21)14-6-1-4-12(10-14)11-19-24(22,23)15-8-2-5-13-7-3-9-18-16(13)15/h1-10,19H,11H2,(H,20,21). The Bertz CT molecular complexity index is 1010. The maximum atomic E-state index is 12.6. The number of rotatable bonds is 5.